The molecular weight excluding hydrogens is 289 g/mol. The number of rotatable bonds is 5. The molecule has 1 amide bonds. The van der Waals surface area contributed by atoms with E-state index >= 15 is 0 Å². The van der Waals surface area contributed by atoms with E-state index in [1.807, 2.05) is 44.2 Å². The number of anilines is 1. The monoisotopic (exact) mass is 311 g/mol. The third-order valence-corrected chi connectivity index (χ3v) is 3.58. The van der Waals surface area contributed by atoms with Crippen molar-refractivity contribution in [1.29, 1.82) is 0 Å². The van der Waals surface area contributed by atoms with Gasteiger partial charge in [-0.1, -0.05) is 35.8 Å². The number of nitrogens with one attached hydrogen (secondary N) is 1. The van der Waals surface area contributed by atoms with Crippen LogP contribution >= 0.6 is 0 Å². The van der Waals surface area contributed by atoms with E-state index < -0.39 is 6.09 Å². The predicted octanol–water partition coefficient (Wildman–Crippen LogP) is 2.71. The maximum atomic E-state index is 11.7. The van der Waals surface area contributed by atoms with Crippen molar-refractivity contribution in [3.05, 3.63) is 53.1 Å². The standard InChI is InChI=1S/C18H22BNO3/c1-4-22-18(21)20-17-12(2)6-5-7-14(17)11-23-16-9-8-15(19)10-13(16)3/h5-10H,4,11,19H2,1-3H3,(H,20,21). The first kappa shape index (κ1) is 16.9. The normalized spacial score (nSPS) is 10.2. The van der Waals surface area contributed by atoms with E-state index in [4.69, 9.17) is 9.47 Å². The second-order valence-corrected chi connectivity index (χ2v) is 5.51. The van der Waals surface area contributed by atoms with Gasteiger partial charge < -0.3 is 9.47 Å². The molecule has 2 aromatic carbocycles. The molecule has 0 bridgehead atoms. The highest BCUT2D eigenvalue weighted by Gasteiger charge is 2.11. The lowest BCUT2D eigenvalue weighted by atomic mass is 9.94. The zero-order valence-corrected chi connectivity index (χ0v) is 14.1. The van der Waals surface area contributed by atoms with Crippen LogP contribution in [0.4, 0.5) is 10.5 Å². The Morgan fingerprint density at radius 3 is 2.65 bits per heavy atom. The summed E-state index contributed by atoms with van der Waals surface area (Å²) in [5.74, 6) is 0.846. The molecule has 0 aromatic heterocycles. The maximum Gasteiger partial charge on any atom is 0.411 e. The molecule has 0 aliphatic carbocycles. The zero-order chi connectivity index (χ0) is 16.8. The van der Waals surface area contributed by atoms with E-state index in [1.165, 1.54) is 5.46 Å². The number of hydrogen-bond acceptors (Lipinski definition) is 3. The van der Waals surface area contributed by atoms with Gasteiger partial charge >= 0.3 is 6.09 Å². The molecule has 120 valence electrons. The number of carbonyl (C=O) groups is 1. The van der Waals surface area contributed by atoms with Gasteiger partial charge in [-0.25, -0.2) is 4.79 Å². The Labute approximate surface area is 138 Å². The molecule has 23 heavy (non-hydrogen) atoms. The molecule has 0 unspecified atom stereocenters. The van der Waals surface area contributed by atoms with Gasteiger partial charge in [0.15, 0.2) is 0 Å². The quantitative estimate of drug-likeness (QED) is 0.864. The van der Waals surface area contributed by atoms with Gasteiger partial charge in [-0.2, -0.15) is 0 Å². The first-order valence-corrected chi connectivity index (χ1v) is 7.73. The molecule has 0 heterocycles. The summed E-state index contributed by atoms with van der Waals surface area (Å²) in [4.78, 5) is 11.7. The summed E-state index contributed by atoms with van der Waals surface area (Å²) in [6.45, 7) is 6.47. The van der Waals surface area contributed by atoms with Crippen LogP contribution in [0.15, 0.2) is 36.4 Å². The van der Waals surface area contributed by atoms with Crippen molar-refractivity contribution in [2.75, 3.05) is 11.9 Å². The van der Waals surface area contributed by atoms with Gasteiger partial charge in [0.25, 0.3) is 0 Å². The molecule has 1 N–H and O–H groups in total. The summed E-state index contributed by atoms with van der Waals surface area (Å²) in [7, 11) is 2.05. The Morgan fingerprint density at radius 1 is 1.17 bits per heavy atom. The number of amides is 1. The minimum absolute atomic E-state index is 0.339. The number of benzene rings is 2. The third-order valence-electron chi connectivity index (χ3n) is 3.58. The number of carbonyl (C=O) groups excluding carboxylic acids is 1. The second-order valence-electron chi connectivity index (χ2n) is 5.51. The van der Waals surface area contributed by atoms with Crippen LogP contribution in [0.25, 0.3) is 0 Å². The fourth-order valence-electron chi connectivity index (χ4n) is 2.41. The largest absolute Gasteiger partial charge is 0.489 e. The average molecular weight is 311 g/mol. The van der Waals surface area contributed by atoms with E-state index in [9.17, 15) is 4.79 Å². The van der Waals surface area contributed by atoms with Crippen LogP contribution in [0.1, 0.15) is 23.6 Å². The first-order valence-electron chi connectivity index (χ1n) is 7.73. The molecule has 5 heteroatoms. The van der Waals surface area contributed by atoms with Crippen molar-refractivity contribution < 1.29 is 14.3 Å². The molecule has 0 saturated carbocycles. The van der Waals surface area contributed by atoms with Gasteiger partial charge in [-0.15, -0.1) is 0 Å². The Morgan fingerprint density at radius 2 is 1.96 bits per heavy atom. The van der Waals surface area contributed by atoms with Gasteiger partial charge in [-0.3, -0.25) is 5.32 Å². The average Bonchev–Trinajstić information content (AvgIpc) is 2.49. The van der Waals surface area contributed by atoms with Crippen molar-refractivity contribution in [2.24, 2.45) is 0 Å². The maximum absolute atomic E-state index is 11.7. The molecule has 0 spiro atoms. The lowest BCUT2D eigenvalue weighted by molar-refractivity contribution is 0.168. The van der Waals surface area contributed by atoms with Crippen molar-refractivity contribution in [2.45, 2.75) is 27.4 Å². The highest BCUT2D eigenvalue weighted by atomic mass is 16.5. The van der Waals surface area contributed by atoms with E-state index in [0.717, 1.165) is 28.1 Å². The van der Waals surface area contributed by atoms with Gasteiger partial charge in [0.1, 0.15) is 20.2 Å². The number of para-hydroxylation sites is 1. The van der Waals surface area contributed by atoms with Crippen molar-refractivity contribution in [3.63, 3.8) is 0 Å². The first-order chi connectivity index (χ1) is 11.0. The molecule has 0 aliphatic rings. The number of ether oxygens (including phenoxy) is 2. The third kappa shape index (κ3) is 4.52. The zero-order valence-electron chi connectivity index (χ0n) is 14.1. The Kier molecular flexibility index (Phi) is 5.69. The molecule has 0 radical (unpaired) electrons. The topological polar surface area (TPSA) is 47.6 Å². The van der Waals surface area contributed by atoms with Crippen molar-refractivity contribution >= 4 is 25.1 Å². The minimum Gasteiger partial charge on any atom is -0.489 e. The summed E-state index contributed by atoms with van der Waals surface area (Å²) >= 11 is 0. The van der Waals surface area contributed by atoms with Gasteiger partial charge in [0.2, 0.25) is 0 Å². The summed E-state index contributed by atoms with van der Waals surface area (Å²) < 4.78 is 10.9. The fraction of sp³-hybridized carbons (Fsp3) is 0.278. The summed E-state index contributed by atoms with van der Waals surface area (Å²) in [6, 6.07) is 11.9. The van der Waals surface area contributed by atoms with Crippen LogP contribution < -0.4 is 15.5 Å². The van der Waals surface area contributed by atoms with Crippen LogP contribution in [-0.2, 0) is 11.3 Å². The molecule has 0 fully saturated rings. The van der Waals surface area contributed by atoms with Crippen LogP contribution in [0.5, 0.6) is 5.75 Å². The number of hydrogen-bond donors (Lipinski definition) is 1. The summed E-state index contributed by atoms with van der Waals surface area (Å²) in [6.07, 6.45) is -0.449. The van der Waals surface area contributed by atoms with Crippen LogP contribution in [0.2, 0.25) is 0 Å². The van der Waals surface area contributed by atoms with Crippen molar-refractivity contribution in [1.82, 2.24) is 0 Å². The number of aryl methyl sites for hydroxylation is 2. The minimum atomic E-state index is -0.449. The Balaban J connectivity index is 2.16. The molecular formula is C18H22BNO3. The van der Waals surface area contributed by atoms with E-state index in [1.54, 1.807) is 6.92 Å². The predicted molar refractivity (Wildman–Crippen MR) is 95.5 cm³/mol. The highest BCUT2D eigenvalue weighted by Crippen LogP contribution is 2.24. The molecule has 2 rings (SSSR count). The SMILES string of the molecule is Bc1ccc(OCc2cccc(C)c2NC(=O)OCC)c(C)c1. The van der Waals surface area contributed by atoms with E-state index in [2.05, 4.69) is 19.2 Å². The molecule has 0 saturated heterocycles. The molecule has 2 aromatic rings. The molecule has 0 atom stereocenters. The lowest BCUT2D eigenvalue weighted by Gasteiger charge is -2.15. The van der Waals surface area contributed by atoms with Crippen molar-refractivity contribution in [3.8, 4) is 5.75 Å². The second kappa shape index (κ2) is 7.72. The van der Waals surface area contributed by atoms with Crippen LogP contribution in [-0.4, -0.2) is 20.5 Å². The van der Waals surface area contributed by atoms with E-state index in [0.29, 0.717) is 13.2 Å². The highest BCUT2D eigenvalue weighted by molar-refractivity contribution is 6.32. The van der Waals surface area contributed by atoms with E-state index in [-0.39, 0.29) is 0 Å². The Hall–Kier alpha value is -2.43. The van der Waals surface area contributed by atoms with Crippen LogP contribution in [0, 0.1) is 13.8 Å². The lowest BCUT2D eigenvalue weighted by Crippen LogP contribution is -2.16. The van der Waals surface area contributed by atoms with Gasteiger partial charge in [0.05, 0.1) is 12.3 Å². The smallest absolute Gasteiger partial charge is 0.411 e. The summed E-state index contributed by atoms with van der Waals surface area (Å²) in [5.41, 5.74) is 4.93. The van der Waals surface area contributed by atoms with Gasteiger partial charge in [-0.05, 0) is 38.0 Å². The summed E-state index contributed by atoms with van der Waals surface area (Å²) in [5, 5.41) is 2.80. The molecule has 4 nitrogen and oxygen atoms in total. The van der Waals surface area contributed by atoms with Crippen LogP contribution in [0.3, 0.4) is 0 Å². The molecule has 0 aliphatic heterocycles. The van der Waals surface area contributed by atoms with Gasteiger partial charge in [0, 0.05) is 5.56 Å². The fourth-order valence-corrected chi connectivity index (χ4v) is 2.41. The Bertz CT molecular complexity index is 701.